The minimum absolute atomic E-state index is 0.0757. The van der Waals surface area contributed by atoms with Crippen LogP contribution in [0.5, 0.6) is 0 Å². The first-order valence-electron chi connectivity index (χ1n) is 4.15. The number of nitrogens with zero attached hydrogens (tertiary/aromatic N) is 1. The number of alkyl halides is 3. The summed E-state index contributed by atoms with van der Waals surface area (Å²) >= 11 is 0. The van der Waals surface area contributed by atoms with E-state index in [0.29, 0.717) is 5.69 Å². The van der Waals surface area contributed by atoms with E-state index in [0.717, 1.165) is 18.9 Å². The highest BCUT2D eigenvalue weighted by molar-refractivity contribution is 5.18. The molecule has 1 heterocycles. The van der Waals surface area contributed by atoms with Crippen LogP contribution in [0.1, 0.15) is 30.1 Å². The first kappa shape index (κ1) is 9.23. The normalized spacial score (nSPS) is 17.1. The van der Waals surface area contributed by atoms with Gasteiger partial charge in [-0.3, -0.25) is 0 Å². The lowest BCUT2D eigenvalue weighted by atomic mass is 10.2. The fourth-order valence-electron chi connectivity index (χ4n) is 1.24. The predicted molar refractivity (Wildman–Crippen MR) is 41.8 cm³/mol. The quantitative estimate of drug-likeness (QED) is 0.756. The molecule has 76 valence electrons. The Morgan fingerprint density at radius 2 is 2.07 bits per heavy atom. The average Bonchev–Trinajstić information content (AvgIpc) is 2.83. The van der Waals surface area contributed by atoms with Gasteiger partial charge in [-0.05, 0) is 24.8 Å². The molecule has 1 saturated carbocycles. The zero-order chi connectivity index (χ0) is 10.3. The maximum atomic E-state index is 12.2. The van der Waals surface area contributed by atoms with Gasteiger partial charge in [0.25, 0.3) is 0 Å². The van der Waals surface area contributed by atoms with Crippen LogP contribution in [-0.4, -0.2) is 9.97 Å². The van der Waals surface area contributed by atoms with Gasteiger partial charge in [0.1, 0.15) is 0 Å². The van der Waals surface area contributed by atoms with Crippen LogP contribution in [0, 0.1) is 0 Å². The Bertz CT molecular complexity index is 406. The molecule has 0 atom stereocenters. The van der Waals surface area contributed by atoms with Crippen molar-refractivity contribution in [2.75, 3.05) is 0 Å². The maximum Gasteiger partial charge on any atom is 0.433 e. The summed E-state index contributed by atoms with van der Waals surface area (Å²) in [4.78, 5) is 16.0. The van der Waals surface area contributed by atoms with E-state index in [-0.39, 0.29) is 5.92 Å². The van der Waals surface area contributed by atoms with Gasteiger partial charge in [-0.2, -0.15) is 18.2 Å². The molecule has 0 spiro atoms. The molecule has 0 radical (unpaired) electrons. The van der Waals surface area contributed by atoms with Crippen LogP contribution in [0.2, 0.25) is 0 Å². The molecule has 1 aromatic rings. The second kappa shape index (κ2) is 2.83. The van der Waals surface area contributed by atoms with E-state index in [4.69, 9.17) is 0 Å². The van der Waals surface area contributed by atoms with Gasteiger partial charge in [0.15, 0.2) is 5.69 Å². The van der Waals surface area contributed by atoms with E-state index in [2.05, 4.69) is 9.97 Å². The molecule has 3 nitrogen and oxygen atoms in total. The van der Waals surface area contributed by atoms with Crippen molar-refractivity contribution in [3.05, 3.63) is 27.9 Å². The Kier molecular flexibility index (Phi) is 1.87. The van der Waals surface area contributed by atoms with E-state index in [1.807, 2.05) is 0 Å². The zero-order valence-electron chi connectivity index (χ0n) is 7.06. The number of halogens is 3. The van der Waals surface area contributed by atoms with Crippen molar-refractivity contribution < 1.29 is 13.2 Å². The van der Waals surface area contributed by atoms with Gasteiger partial charge < -0.3 is 4.98 Å². The third-order valence-corrected chi connectivity index (χ3v) is 2.07. The van der Waals surface area contributed by atoms with Crippen LogP contribution in [0.3, 0.4) is 0 Å². The highest BCUT2D eigenvalue weighted by Crippen LogP contribution is 2.39. The molecule has 1 aromatic heterocycles. The van der Waals surface area contributed by atoms with Crippen LogP contribution in [0.15, 0.2) is 10.9 Å². The molecule has 1 aliphatic rings. The first-order chi connectivity index (χ1) is 6.47. The van der Waals surface area contributed by atoms with E-state index in [1.165, 1.54) is 0 Å². The SMILES string of the molecule is O=c1nc(C(F)(F)F)cc(C2CC2)[nH]1. The van der Waals surface area contributed by atoms with Crippen LogP contribution >= 0.6 is 0 Å². The van der Waals surface area contributed by atoms with E-state index >= 15 is 0 Å². The molecule has 1 fully saturated rings. The smallest absolute Gasteiger partial charge is 0.310 e. The van der Waals surface area contributed by atoms with Crippen molar-refractivity contribution >= 4 is 0 Å². The minimum Gasteiger partial charge on any atom is -0.310 e. The molecule has 1 N–H and O–H groups in total. The lowest BCUT2D eigenvalue weighted by molar-refractivity contribution is -0.141. The summed E-state index contributed by atoms with van der Waals surface area (Å²) in [6, 6.07) is 0.916. The van der Waals surface area contributed by atoms with E-state index < -0.39 is 17.6 Å². The molecule has 6 heteroatoms. The summed E-state index contributed by atoms with van der Waals surface area (Å²) in [6.45, 7) is 0. The molecule has 0 aromatic carbocycles. The third-order valence-electron chi connectivity index (χ3n) is 2.07. The van der Waals surface area contributed by atoms with E-state index in [1.54, 1.807) is 0 Å². The maximum absolute atomic E-state index is 12.2. The Labute approximate surface area is 77.0 Å². The number of nitrogens with one attached hydrogen (secondary N) is 1. The molecule has 0 saturated heterocycles. The molecule has 2 rings (SSSR count). The first-order valence-corrected chi connectivity index (χ1v) is 4.15. The van der Waals surface area contributed by atoms with Crippen molar-refractivity contribution in [2.45, 2.75) is 24.9 Å². The molecule has 0 unspecified atom stereocenters. The average molecular weight is 204 g/mol. The van der Waals surface area contributed by atoms with Gasteiger partial charge >= 0.3 is 11.9 Å². The summed E-state index contributed by atoms with van der Waals surface area (Å²) in [5.74, 6) is 0.0757. The fourth-order valence-corrected chi connectivity index (χ4v) is 1.24. The van der Waals surface area contributed by atoms with Crippen LogP contribution in [0.4, 0.5) is 13.2 Å². The molecule has 0 aliphatic heterocycles. The molecule has 14 heavy (non-hydrogen) atoms. The van der Waals surface area contributed by atoms with Gasteiger partial charge in [0, 0.05) is 5.69 Å². The second-order valence-corrected chi connectivity index (χ2v) is 3.30. The Morgan fingerprint density at radius 1 is 1.43 bits per heavy atom. The second-order valence-electron chi connectivity index (χ2n) is 3.30. The summed E-state index contributed by atoms with van der Waals surface area (Å²) in [7, 11) is 0. The van der Waals surface area contributed by atoms with Gasteiger partial charge in [0.2, 0.25) is 0 Å². The number of rotatable bonds is 1. The summed E-state index contributed by atoms with van der Waals surface area (Å²) in [5.41, 5.74) is -1.69. The van der Waals surface area contributed by atoms with Crippen LogP contribution < -0.4 is 5.69 Å². The summed E-state index contributed by atoms with van der Waals surface area (Å²) in [6.07, 6.45) is -2.88. The Morgan fingerprint density at radius 3 is 2.57 bits per heavy atom. The van der Waals surface area contributed by atoms with Crippen LogP contribution in [0.25, 0.3) is 0 Å². The molecule has 0 amide bonds. The lowest BCUT2D eigenvalue weighted by Gasteiger charge is -2.06. The summed E-state index contributed by atoms with van der Waals surface area (Å²) in [5, 5.41) is 0. The summed E-state index contributed by atoms with van der Waals surface area (Å²) < 4.78 is 36.6. The number of hydrogen-bond donors (Lipinski definition) is 1. The highest BCUT2D eigenvalue weighted by Gasteiger charge is 2.35. The van der Waals surface area contributed by atoms with Gasteiger partial charge in [-0.25, -0.2) is 4.79 Å². The standard InChI is InChI=1S/C8H7F3N2O/c9-8(10,11)6-3-5(4-1-2-4)12-7(14)13-6/h3-4H,1-2H2,(H,12,13,14). The van der Waals surface area contributed by atoms with Crippen molar-refractivity contribution in [2.24, 2.45) is 0 Å². The van der Waals surface area contributed by atoms with Gasteiger partial charge in [-0.15, -0.1) is 0 Å². The lowest BCUT2D eigenvalue weighted by Crippen LogP contribution is -2.20. The van der Waals surface area contributed by atoms with Crippen LogP contribution in [-0.2, 0) is 6.18 Å². The van der Waals surface area contributed by atoms with Crippen molar-refractivity contribution in [1.82, 2.24) is 9.97 Å². The molecule has 0 bridgehead atoms. The van der Waals surface area contributed by atoms with Gasteiger partial charge in [-0.1, -0.05) is 0 Å². The monoisotopic (exact) mass is 204 g/mol. The van der Waals surface area contributed by atoms with Crippen molar-refractivity contribution in [3.63, 3.8) is 0 Å². The van der Waals surface area contributed by atoms with E-state index in [9.17, 15) is 18.0 Å². The van der Waals surface area contributed by atoms with Crippen molar-refractivity contribution in [3.8, 4) is 0 Å². The Balaban J connectivity index is 2.46. The number of aromatic nitrogens is 2. The largest absolute Gasteiger partial charge is 0.433 e. The molecular formula is C8H7F3N2O. The zero-order valence-corrected chi connectivity index (χ0v) is 7.06. The predicted octanol–water partition coefficient (Wildman–Crippen LogP) is 1.67. The number of H-pyrrole nitrogens is 1. The highest BCUT2D eigenvalue weighted by atomic mass is 19.4. The van der Waals surface area contributed by atoms with Gasteiger partial charge in [0.05, 0.1) is 0 Å². The topological polar surface area (TPSA) is 45.8 Å². The molecular weight excluding hydrogens is 197 g/mol. The van der Waals surface area contributed by atoms with Crippen molar-refractivity contribution in [1.29, 1.82) is 0 Å². The fraction of sp³-hybridized carbons (Fsp3) is 0.500. The minimum atomic E-state index is -4.54. The number of hydrogen-bond acceptors (Lipinski definition) is 2. The molecule has 1 aliphatic carbocycles. The number of aromatic amines is 1. The Hall–Kier alpha value is -1.33. The third kappa shape index (κ3) is 1.78.